The molecule has 1 aromatic carbocycles. The van der Waals surface area contributed by atoms with Crippen molar-refractivity contribution in [3.63, 3.8) is 0 Å². The first-order chi connectivity index (χ1) is 8.54. The molecule has 2 rings (SSSR count). The van der Waals surface area contributed by atoms with Gasteiger partial charge in [-0.25, -0.2) is 0 Å². The van der Waals surface area contributed by atoms with Crippen molar-refractivity contribution in [2.24, 2.45) is 11.8 Å². The molecule has 1 atom stereocenters. The smallest absolute Gasteiger partial charge is 0.230 e. The summed E-state index contributed by atoms with van der Waals surface area (Å²) < 4.78 is 5.32. The highest BCUT2D eigenvalue weighted by atomic mass is 16.5. The zero-order valence-corrected chi connectivity index (χ0v) is 11.6. The summed E-state index contributed by atoms with van der Waals surface area (Å²) in [6, 6.07) is 5.96. The number of carbonyl (C=O) groups excluding carboxylic acids is 1. The number of hydrogen-bond donors (Lipinski definition) is 0. The topological polar surface area (TPSA) is 29.5 Å². The number of amides is 1. The van der Waals surface area contributed by atoms with E-state index in [-0.39, 0.29) is 11.8 Å². The molecule has 1 aromatic rings. The molecular weight excluding hydrogens is 226 g/mol. The fourth-order valence-electron chi connectivity index (χ4n) is 2.55. The van der Waals surface area contributed by atoms with Gasteiger partial charge in [0, 0.05) is 24.2 Å². The van der Waals surface area contributed by atoms with E-state index < -0.39 is 0 Å². The summed E-state index contributed by atoms with van der Waals surface area (Å²) in [6.45, 7) is 7.04. The maximum Gasteiger partial charge on any atom is 0.230 e. The Morgan fingerprint density at radius 1 is 1.39 bits per heavy atom. The highest BCUT2D eigenvalue weighted by Crippen LogP contribution is 2.32. The van der Waals surface area contributed by atoms with E-state index in [1.54, 1.807) is 7.11 Å². The number of rotatable bonds is 3. The van der Waals surface area contributed by atoms with E-state index in [4.69, 9.17) is 4.74 Å². The van der Waals surface area contributed by atoms with Gasteiger partial charge in [-0.3, -0.25) is 4.79 Å². The van der Waals surface area contributed by atoms with Gasteiger partial charge in [-0.05, 0) is 30.9 Å². The molecule has 0 aromatic heterocycles. The van der Waals surface area contributed by atoms with Crippen LogP contribution < -0.4 is 9.64 Å². The van der Waals surface area contributed by atoms with Crippen LogP contribution in [0.3, 0.4) is 0 Å². The first-order valence-corrected chi connectivity index (χ1v) is 6.50. The minimum absolute atomic E-state index is 0.164. The standard InChI is InChI=1S/C15H21NO2/c1-10(2)13-7-8-16(15(13)17)12-6-5-11(3)14(9-12)18-4/h5-6,9-10,13H,7-8H2,1-4H3. The van der Waals surface area contributed by atoms with Gasteiger partial charge in [0.05, 0.1) is 7.11 Å². The minimum atomic E-state index is 0.164. The molecule has 98 valence electrons. The molecule has 1 heterocycles. The predicted molar refractivity (Wildman–Crippen MR) is 73.0 cm³/mol. The second-order valence-corrected chi connectivity index (χ2v) is 5.28. The lowest BCUT2D eigenvalue weighted by Crippen LogP contribution is -2.28. The lowest BCUT2D eigenvalue weighted by atomic mass is 9.95. The SMILES string of the molecule is COc1cc(N2CCC(C(C)C)C2=O)ccc1C. The molecule has 1 unspecified atom stereocenters. The molecular formula is C15H21NO2. The van der Waals surface area contributed by atoms with Gasteiger partial charge in [0.15, 0.2) is 0 Å². The van der Waals surface area contributed by atoms with Gasteiger partial charge in [0.2, 0.25) is 5.91 Å². The van der Waals surface area contributed by atoms with Crippen LogP contribution in [0.15, 0.2) is 18.2 Å². The number of carbonyl (C=O) groups is 1. The maximum atomic E-state index is 12.3. The third kappa shape index (κ3) is 2.22. The quantitative estimate of drug-likeness (QED) is 0.821. The molecule has 18 heavy (non-hydrogen) atoms. The Morgan fingerprint density at radius 2 is 2.11 bits per heavy atom. The van der Waals surface area contributed by atoms with Crippen LogP contribution in [0.25, 0.3) is 0 Å². The van der Waals surface area contributed by atoms with Crippen molar-refractivity contribution in [2.75, 3.05) is 18.6 Å². The van der Waals surface area contributed by atoms with E-state index in [0.29, 0.717) is 5.92 Å². The molecule has 1 amide bonds. The van der Waals surface area contributed by atoms with Crippen molar-refractivity contribution in [3.8, 4) is 5.75 Å². The van der Waals surface area contributed by atoms with Crippen LogP contribution in [0.4, 0.5) is 5.69 Å². The molecule has 0 N–H and O–H groups in total. The second kappa shape index (κ2) is 5.01. The van der Waals surface area contributed by atoms with Gasteiger partial charge >= 0.3 is 0 Å². The van der Waals surface area contributed by atoms with Crippen LogP contribution in [-0.2, 0) is 4.79 Å². The van der Waals surface area contributed by atoms with Crippen molar-refractivity contribution in [1.82, 2.24) is 0 Å². The van der Waals surface area contributed by atoms with Gasteiger partial charge < -0.3 is 9.64 Å². The third-order valence-electron chi connectivity index (χ3n) is 3.75. The highest BCUT2D eigenvalue weighted by Gasteiger charge is 2.34. The van der Waals surface area contributed by atoms with Crippen molar-refractivity contribution in [1.29, 1.82) is 0 Å². The molecule has 1 aliphatic heterocycles. The van der Waals surface area contributed by atoms with Crippen LogP contribution in [0.2, 0.25) is 0 Å². The molecule has 0 radical (unpaired) electrons. The summed E-state index contributed by atoms with van der Waals surface area (Å²) in [5, 5.41) is 0. The summed E-state index contributed by atoms with van der Waals surface area (Å²) in [7, 11) is 1.66. The number of nitrogens with zero attached hydrogens (tertiary/aromatic N) is 1. The lowest BCUT2D eigenvalue weighted by molar-refractivity contribution is -0.121. The summed E-state index contributed by atoms with van der Waals surface area (Å²) in [4.78, 5) is 14.2. The van der Waals surface area contributed by atoms with E-state index in [2.05, 4.69) is 13.8 Å². The zero-order valence-electron chi connectivity index (χ0n) is 11.6. The zero-order chi connectivity index (χ0) is 13.3. The Labute approximate surface area is 109 Å². The van der Waals surface area contributed by atoms with Crippen molar-refractivity contribution in [2.45, 2.75) is 27.2 Å². The third-order valence-corrected chi connectivity index (χ3v) is 3.75. The van der Waals surface area contributed by atoms with Gasteiger partial charge in [0.25, 0.3) is 0 Å². The van der Waals surface area contributed by atoms with E-state index >= 15 is 0 Å². The van der Waals surface area contributed by atoms with Crippen LogP contribution in [-0.4, -0.2) is 19.6 Å². The molecule has 0 saturated carbocycles. The molecule has 0 bridgehead atoms. The normalized spacial score (nSPS) is 19.7. The number of anilines is 1. The molecule has 0 aliphatic carbocycles. The maximum absolute atomic E-state index is 12.3. The van der Waals surface area contributed by atoms with Gasteiger partial charge in [-0.1, -0.05) is 19.9 Å². The predicted octanol–water partition coefficient (Wildman–Crippen LogP) is 3.01. The largest absolute Gasteiger partial charge is 0.496 e. The molecule has 0 spiro atoms. The number of ether oxygens (including phenoxy) is 1. The minimum Gasteiger partial charge on any atom is -0.496 e. The summed E-state index contributed by atoms with van der Waals surface area (Å²) in [5.74, 6) is 1.66. The molecule has 1 fully saturated rings. The molecule has 3 heteroatoms. The lowest BCUT2D eigenvalue weighted by Gasteiger charge is -2.19. The highest BCUT2D eigenvalue weighted by molar-refractivity contribution is 5.97. The van der Waals surface area contributed by atoms with Gasteiger partial charge in [-0.2, -0.15) is 0 Å². The second-order valence-electron chi connectivity index (χ2n) is 5.28. The summed E-state index contributed by atoms with van der Waals surface area (Å²) in [6.07, 6.45) is 0.951. The van der Waals surface area contributed by atoms with E-state index in [1.165, 1.54) is 0 Å². The van der Waals surface area contributed by atoms with Crippen LogP contribution in [0, 0.1) is 18.8 Å². The van der Waals surface area contributed by atoms with E-state index in [9.17, 15) is 4.79 Å². The Bertz CT molecular complexity index is 454. The average molecular weight is 247 g/mol. The number of aryl methyl sites for hydroxylation is 1. The van der Waals surface area contributed by atoms with Gasteiger partial charge in [-0.15, -0.1) is 0 Å². The van der Waals surface area contributed by atoms with E-state index in [1.807, 2.05) is 30.0 Å². The van der Waals surface area contributed by atoms with Gasteiger partial charge in [0.1, 0.15) is 5.75 Å². The Hall–Kier alpha value is -1.51. The Kier molecular flexibility index (Phi) is 3.60. The fraction of sp³-hybridized carbons (Fsp3) is 0.533. The Balaban J connectivity index is 2.25. The van der Waals surface area contributed by atoms with Crippen molar-refractivity contribution in [3.05, 3.63) is 23.8 Å². The monoisotopic (exact) mass is 247 g/mol. The Morgan fingerprint density at radius 3 is 2.67 bits per heavy atom. The van der Waals surface area contributed by atoms with Crippen molar-refractivity contribution < 1.29 is 9.53 Å². The van der Waals surface area contributed by atoms with Crippen LogP contribution in [0.1, 0.15) is 25.8 Å². The summed E-state index contributed by atoms with van der Waals surface area (Å²) in [5.41, 5.74) is 2.04. The molecule has 3 nitrogen and oxygen atoms in total. The first-order valence-electron chi connectivity index (χ1n) is 6.50. The van der Waals surface area contributed by atoms with E-state index in [0.717, 1.165) is 30.0 Å². The fourth-order valence-corrected chi connectivity index (χ4v) is 2.55. The summed E-state index contributed by atoms with van der Waals surface area (Å²) >= 11 is 0. The first kappa shape index (κ1) is 12.9. The van der Waals surface area contributed by atoms with Crippen LogP contribution >= 0.6 is 0 Å². The van der Waals surface area contributed by atoms with Crippen molar-refractivity contribution >= 4 is 11.6 Å². The average Bonchev–Trinajstić information content (AvgIpc) is 2.72. The van der Waals surface area contributed by atoms with Crippen LogP contribution in [0.5, 0.6) is 5.75 Å². The number of hydrogen-bond acceptors (Lipinski definition) is 2. The molecule has 1 aliphatic rings. The molecule has 1 saturated heterocycles. The number of benzene rings is 1. The number of methoxy groups -OCH3 is 1.